The highest BCUT2D eigenvalue weighted by atomic mass is 32.2. The van der Waals surface area contributed by atoms with Crippen molar-refractivity contribution in [3.8, 4) is 5.75 Å². The third kappa shape index (κ3) is 3.75. The molecule has 0 atom stereocenters. The second-order valence-electron chi connectivity index (χ2n) is 4.85. The van der Waals surface area contributed by atoms with Gasteiger partial charge < -0.3 is 9.30 Å². The molecule has 0 N–H and O–H groups in total. The molecule has 0 saturated heterocycles. The van der Waals surface area contributed by atoms with Gasteiger partial charge in [0.25, 0.3) is 5.56 Å². The first-order valence-electron chi connectivity index (χ1n) is 6.72. The summed E-state index contributed by atoms with van der Waals surface area (Å²) < 4.78 is 32.1. The minimum atomic E-state index is -3.56. The molecule has 118 valence electrons. The smallest absolute Gasteiger partial charge is 0.250 e. The maximum atomic E-state index is 12.1. The van der Waals surface area contributed by atoms with Crippen LogP contribution in [-0.4, -0.2) is 38.0 Å². The molecule has 0 amide bonds. The Balaban J connectivity index is 2.13. The SMILES string of the molecule is CN(C)S(=O)(=O)c1ccc(=O)n(CCOc2ccccc2)c1. The molecule has 1 aromatic carbocycles. The molecule has 0 aliphatic carbocycles. The van der Waals surface area contributed by atoms with Crippen LogP contribution >= 0.6 is 0 Å². The van der Waals surface area contributed by atoms with Crippen molar-refractivity contribution in [2.45, 2.75) is 11.4 Å². The fraction of sp³-hybridized carbons (Fsp3) is 0.267. The lowest BCUT2D eigenvalue weighted by Gasteiger charge is -2.13. The number of benzene rings is 1. The van der Waals surface area contributed by atoms with Gasteiger partial charge in [-0.2, -0.15) is 0 Å². The molecule has 0 bridgehead atoms. The largest absolute Gasteiger partial charge is 0.492 e. The van der Waals surface area contributed by atoms with E-state index >= 15 is 0 Å². The Morgan fingerprint density at radius 1 is 1.09 bits per heavy atom. The summed E-state index contributed by atoms with van der Waals surface area (Å²) in [5.74, 6) is 0.701. The molecule has 7 heteroatoms. The van der Waals surface area contributed by atoms with Gasteiger partial charge in [-0.25, -0.2) is 12.7 Å². The van der Waals surface area contributed by atoms with Gasteiger partial charge in [-0.05, 0) is 18.2 Å². The number of para-hydroxylation sites is 1. The molecular weight excluding hydrogens is 304 g/mol. The fourth-order valence-electron chi connectivity index (χ4n) is 1.83. The van der Waals surface area contributed by atoms with Crippen molar-refractivity contribution in [2.24, 2.45) is 0 Å². The summed E-state index contributed by atoms with van der Waals surface area (Å²) in [7, 11) is -0.665. The van der Waals surface area contributed by atoms with Crippen LogP contribution in [0.2, 0.25) is 0 Å². The van der Waals surface area contributed by atoms with Gasteiger partial charge in [-0.1, -0.05) is 18.2 Å². The summed E-state index contributed by atoms with van der Waals surface area (Å²) in [5, 5.41) is 0. The topological polar surface area (TPSA) is 68.6 Å². The number of ether oxygens (including phenoxy) is 1. The van der Waals surface area contributed by atoms with E-state index in [2.05, 4.69) is 0 Å². The van der Waals surface area contributed by atoms with Crippen LogP contribution in [0.3, 0.4) is 0 Å². The predicted molar refractivity (Wildman–Crippen MR) is 83.5 cm³/mol. The van der Waals surface area contributed by atoms with E-state index in [4.69, 9.17) is 4.74 Å². The third-order valence-electron chi connectivity index (χ3n) is 3.08. The van der Waals surface area contributed by atoms with Gasteiger partial charge in [0.2, 0.25) is 10.0 Å². The highest BCUT2D eigenvalue weighted by molar-refractivity contribution is 7.89. The Morgan fingerprint density at radius 3 is 2.41 bits per heavy atom. The van der Waals surface area contributed by atoms with Gasteiger partial charge in [0, 0.05) is 26.4 Å². The Hall–Kier alpha value is -2.12. The molecule has 2 aromatic rings. The van der Waals surface area contributed by atoms with Gasteiger partial charge in [0.1, 0.15) is 12.4 Å². The van der Waals surface area contributed by atoms with Crippen LogP contribution < -0.4 is 10.3 Å². The molecule has 0 aliphatic rings. The summed E-state index contributed by atoms with van der Waals surface area (Å²) in [5.41, 5.74) is -0.269. The monoisotopic (exact) mass is 322 g/mol. The lowest BCUT2D eigenvalue weighted by molar-refractivity contribution is 0.296. The van der Waals surface area contributed by atoms with Crippen molar-refractivity contribution in [3.63, 3.8) is 0 Å². The van der Waals surface area contributed by atoms with E-state index in [0.717, 1.165) is 4.31 Å². The zero-order valence-corrected chi connectivity index (χ0v) is 13.3. The fourth-order valence-corrected chi connectivity index (χ4v) is 2.75. The Kier molecular flexibility index (Phi) is 4.99. The predicted octanol–water partition coefficient (Wildman–Crippen LogP) is 1.18. The normalized spacial score (nSPS) is 11.6. The minimum absolute atomic E-state index is 0.0804. The molecule has 1 heterocycles. The third-order valence-corrected chi connectivity index (χ3v) is 4.88. The average Bonchev–Trinajstić information content (AvgIpc) is 2.50. The molecule has 0 spiro atoms. The summed E-state index contributed by atoms with van der Waals surface area (Å²) in [6.07, 6.45) is 1.34. The first-order valence-corrected chi connectivity index (χ1v) is 8.16. The molecule has 2 rings (SSSR count). The summed E-state index contributed by atoms with van der Waals surface area (Å²) >= 11 is 0. The van der Waals surface area contributed by atoms with E-state index in [1.807, 2.05) is 30.3 Å². The molecule has 0 aliphatic heterocycles. The molecule has 6 nitrogen and oxygen atoms in total. The summed E-state index contributed by atoms with van der Waals surface area (Å²) in [6.45, 7) is 0.542. The van der Waals surface area contributed by atoms with E-state index in [1.165, 1.54) is 37.0 Å². The van der Waals surface area contributed by atoms with Gasteiger partial charge >= 0.3 is 0 Å². The quantitative estimate of drug-likeness (QED) is 0.801. The van der Waals surface area contributed by atoms with E-state index in [9.17, 15) is 13.2 Å². The number of hydrogen-bond acceptors (Lipinski definition) is 4. The van der Waals surface area contributed by atoms with E-state index in [-0.39, 0.29) is 23.6 Å². The maximum absolute atomic E-state index is 12.1. The summed E-state index contributed by atoms with van der Waals surface area (Å²) in [6, 6.07) is 11.8. The van der Waals surface area contributed by atoms with Crippen molar-refractivity contribution in [1.82, 2.24) is 8.87 Å². The molecule has 1 aromatic heterocycles. The number of rotatable bonds is 6. The molecule has 0 unspecified atom stereocenters. The molecule has 0 saturated carbocycles. The maximum Gasteiger partial charge on any atom is 0.250 e. The molecule has 0 radical (unpaired) electrons. The Bertz CT molecular complexity index is 783. The number of aromatic nitrogens is 1. The van der Waals surface area contributed by atoms with Crippen molar-refractivity contribution in [3.05, 3.63) is 59.0 Å². The first-order chi connectivity index (χ1) is 10.4. The van der Waals surface area contributed by atoms with Crippen LogP contribution in [0.5, 0.6) is 5.75 Å². The van der Waals surface area contributed by atoms with Gasteiger partial charge in [0.15, 0.2) is 0 Å². The van der Waals surface area contributed by atoms with Crippen molar-refractivity contribution < 1.29 is 13.2 Å². The van der Waals surface area contributed by atoms with Crippen molar-refractivity contribution >= 4 is 10.0 Å². The van der Waals surface area contributed by atoms with E-state index in [0.29, 0.717) is 5.75 Å². The van der Waals surface area contributed by atoms with Crippen LogP contribution in [-0.2, 0) is 16.6 Å². The molecule has 22 heavy (non-hydrogen) atoms. The van der Waals surface area contributed by atoms with Crippen molar-refractivity contribution in [1.29, 1.82) is 0 Å². The van der Waals surface area contributed by atoms with Gasteiger partial charge in [-0.3, -0.25) is 4.79 Å². The molecular formula is C15H18N2O4S. The Morgan fingerprint density at radius 2 is 1.77 bits per heavy atom. The average molecular weight is 322 g/mol. The van der Waals surface area contributed by atoms with Crippen LogP contribution in [0.4, 0.5) is 0 Å². The van der Waals surface area contributed by atoms with Crippen LogP contribution in [0.25, 0.3) is 0 Å². The van der Waals surface area contributed by atoms with Crippen LogP contribution in [0, 0.1) is 0 Å². The molecule has 0 fully saturated rings. The first kappa shape index (κ1) is 16.3. The lowest BCUT2D eigenvalue weighted by Crippen LogP contribution is -2.27. The number of hydrogen-bond donors (Lipinski definition) is 0. The number of sulfonamides is 1. The number of nitrogens with zero attached hydrogens (tertiary/aromatic N) is 2. The van der Waals surface area contributed by atoms with E-state index in [1.54, 1.807) is 0 Å². The van der Waals surface area contributed by atoms with Crippen LogP contribution in [0.15, 0.2) is 58.4 Å². The van der Waals surface area contributed by atoms with Gasteiger partial charge in [-0.15, -0.1) is 0 Å². The lowest BCUT2D eigenvalue weighted by atomic mass is 10.3. The Labute approximate surface area is 129 Å². The zero-order chi connectivity index (χ0) is 16.2. The van der Waals surface area contributed by atoms with Crippen LogP contribution in [0.1, 0.15) is 0 Å². The summed E-state index contributed by atoms with van der Waals surface area (Å²) in [4.78, 5) is 11.9. The number of pyridine rings is 1. The van der Waals surface area contributed by atoms with Gasteiger partial charge in [0.05, 0.1) is 11.4 Å². The minimum Gasteiger partial charge on any atom is -0.492 e. The highest BCUT2D eigenvalue weighted by Crippen LogP contribution is 2.11. The zero-order valence-electron chi connectivity index (χ0n) is 12.5. The van der Waals surface area contributed by atoms with Crippen molar-refractivity contribution in [2.75, 3.05) is 20.7 Å². The second-order valence-corrected chi connectivity index (χ2v) is 7.00. The second kappa shape index (κ2) is 6.76. The standard InChI is InChI=1S/C15H18N2O4S/c1-16(2)22(19,20)14-8-9-15(18)17(12-14)10-11-21-13-6-4-3-5-7-13/h3-9,12H,10-11H2,1-2H3. The highest BCUT2D eigenvalue weighted by Gasteiger charge is 2.17. The van der Waals surface area contributed by atoms with E-state index < -0.39 is 10.0 Å².